The molecule has 0 atom stereocenters. The number of carboxylic acids is 1. The number of carboxylic acid groups (broad SMARTS) is 1. The second-order valence-electron chi connectivity index (χ2n) is 4.51. The van der Waals surface area contributed by atoms with Gasteiger partial charge in [-0.3, -0.25) is 0 Å². The van der Waals surface area contributed by atoms with E-state index in [9.17, 15) is 4.79 Å². The number of nitrogens with one attached hydrogen (secondary N) is 1. The molecule has 0 aliphatic heterocycles. The van der Waals surface area contributed by atoms with E-state index in [1.54, 1.807) is 12.1 Å². The lowest BCUT2D eigenvalue weighted by Gasteiger charge is -2.25. The summed E-state index contributed by atoms with van der Waals surface area (Å²) in [5, 5.41) is 12.8. The number of rotatable bonds is 5. The Hall–Kier alpha value is -1.22. The third kappa shape index (κ3) is 3.13. The molecule has 1 aromatic rings. The Labute approximate surface area is 106 Å². The highest BCUT2D eigenvalue weighted by Gasteiger charge is 2.17. The van der Waals surface area contributed by atoms with Crippen LogP contribution in [-0.2, 0) is 0 Å². The summed E-state index contributed by atoms with van der Waals surface area (Å²) in [5.41, 5.74) is 0.896. The lowest BCUT2D eigenvalue weighted by molar-refractivity contribution is 0.0698. The van der Waals surface area contributed by atoms with Gasteiger partial charge >= 0.3 is 5.97 Å². The van der Waals surface area contributed by atoms with Crippen LogP contribution >= 0.6 is 11.6 Å². The molecule has 0 bridgehead atoms. The molecule has 1 saturated carbocycles. The number of hydrogen-bond donors (Lipinski definition) is 2. The summed E-state index contributed by atoms with van der Waals surface area (Å²) >= 11 is 5.87. The van der Waals surface area contributed by atoms with Gasteiger partial charge in [0.15, 0.2) is 0 Å². The summed E-state index contributed by atoms with van der Waals surface area (Å²) in [7, 11) is 0. The summed E-state index contributed by atoms with van der Waals surface area (Å²) in [5.74, 6) is -0.109. The average molecular weight is 254 g/mol. The molecule has 1 aromatic carbocycles. The maximum absolute atomic E-state index is 11.0. The molecule has 0 saturated heterocycles. The summed E-state index contributed by atoms with van der Waals surface area (Å²) in [4.78, 5) is 11.0. The quantitative estimate of drug-likeness (QED) is 0.842. The number of halogens is 1. The third-order valence-electron chi connectivity index (χ3n) is 3.30. The maximum atomic E-state index is 11.0. The van der Waals surface area contributed by atoms with Crippen molar-refractivity contribution < 1.29 is 9.90 Å². The van der Waals surface area contributed by atoms with E-state index in [1.165, 1.54) is 25.3 Å². The highest BCUT2D eigenvalue weighted by molar-refractivity contribution is 6.31. The fourth-order valence-electron chi connectivity index (χ4n) is 2.04. The molecular weight excluding hydrogens is 238 g/mol. The first-order chi connectivity index (χ1) is 8.16. The van der Waals surface area contributed by atoms with Gasteiger partial charge in [-0.2, -0.15) is 0 Å². The summed E-state index contributed by atoms with van der Waals surface area (Å²) in [6, 6.07) is 4.81. The molecule has 0 unspecified atom stereocenters. The van der Waals surface area contributed by atoms with Crippen LogP contribution in [0.3, 0.4) is 0 Å². The van der Waals surface area contributed by atoms with E-state index in [4.69, 9.17) is 16.7 Å². The number of anilines is 1. The molecule has 92 valence electrons. The highest BCUT2D eigenvalue weighted by atomic mass is 35.5. The van der Waals surface area contributed by atoms with Gasteiger partial charge in [0.1, 0.15) is 0 Å². The highest BCUT2D eigenvalue weighted by Crippen LogP contribution is 2.29. The fraction of sp³-hybridized carbons (Fsp3) is 0.462. The number of benzene rings is 1. The van der Waals surface area contributed by atoms with E-state index in [0.29, 0.717) is 10.7 Å². The van der Waals surface area contributed by atoms with Gasteiger partial charge in [0.05, 0.1) is 11.3 Å². The van der Waals surface area contributed by atoms with Gasteiger partial charge in [-0.05, 0) is 30.5 Å². The molecule has 1 aliphatic rings. The van der Waals surface area contributed by atoms with Crippen molar-refractivity contribution in [3.63, 3.8) is 0 Å². The molecule has 2 N–H and O–H groups in total. The first kappa shape index (κ1) is 12.2. The minimum absolute atomic E-state index is 0.281. The van der Waals surface area contributed by atoms with Gasteiger partial charge in [0.25, 0.3) is 0 Å². The van der Waals surface area contributed by atoms with Crippen LogP contribution in [0, 0.1) is 5.92 Å². The Morgan fingerprint density at radius 1 is 1.47 bits per heavy atom. The Kier molecular flexibility index (Phi) is 3.89. The second-order valence-corrected chi connectivity index (χ2v) is 4.94. The standard InChI is InChI=1S/C13H16ClNO2/c14-10-4-5-11(13(16)17)12(8-10)15-7-6-9-2-1-3-9/h4-5,8-9,15H,1-3,6-7H2,(H,16,17). The summed E-state index contributed by atoms with van der Waals surface area (Å²) < 4.78 is 0. The zero-order valence-electron chi connectivity index (χ0n) is 9.58. The van der Waals surface area contributed by atoms with Crippen molar-refractivity contribution in [1.82, 2.24) is 0 Å². The zero-order chi connectivity index (χ0) is 12.3. The smallest absolute Gasteiger partial charge is 0.337 e. The maximum Gasteiger partial charge on any atom is 0.337 e. The van der Waals surface area contributed by atoms with Crippen molar-refractivity contribution in [3.8, 4) is 0 Å². The Bertz CT molecular complexity index is 416. The molecular formula is C13H16ClNO2. The van der Waals surface area contributed by atoms with Gasteiger partial charge in [0, 0.05) is 11.6 Å². The number of carbonyl (C=O) groups is 1. The molecule has 0 heterocycles. The minimum Gasteiger partial charge on any atom is -0.478 e. The predicted octanol–water partition coefficient (Wildman–Crippen LogP) is 3.64. The molecule has 17 heavy (non-hydrogen) atoms. The largest absolute Gasteiger partial charge is 0.478 e. The molecule has 0 spiro atoms. The van der Waals surface area contributed by atoms with Crippen LogP contribution in [0.4, 0.5) is 5.69 Å². The number of aromatic carboxylic acids is 1. The minimum atomic E-state index is -0.923. The molecule has 0 amide bonds. The molecule has 0 aromatic heterocycles. The lowest BCUT2D eigenvalue weighted by atomic mass is 9.83. The molecule has 1 aliphatic carbocycles. The predicted molar refractivity (Wildman–Crippen MR) is 68.9 cm³/mol. The van der Waals surface area contributed by atoms with Crippen molar-refractivity contribution in [3.05, 3.63) is 28.8 Å². The van der Waals surface area contributed by atoms with Crippen molar-refractivity contribution >= 4 is 23.3 Å². The first-order valence-electron chi connectivity index (χ1n) is 5.93. The molecule has 0 radical (unpaired) electrons. The van der Waals surface area contributed by atoms with Gasteiger partial charge in [-0.15, -0.1) is 0 Å². The summed E-state index contributed by atoms with van der Waals surface area (Å²) in [6.07, 6.45) is 5.06. The average Bonchev–Trinajstić information content (AvgIpc) is 2.21. The van der Waals surface area contributed by atoms with E-state index >= 15 is 0 Å². The van der Waals surface area contributed by atoms with Gasteiger partial charge in [-0.25, -0.2) is 4.79 Å². The SMILES string of the molecule is O=C(O)c1ccc(Cl)cc1NCCC1CCC1. The first-order valence-corrected chi connectivity index (χ1v) is 6.31. The molecule has 4 heteroatoms. The van der Waals surface area contributed by atoms with Crippen molar-refractivity contribution in [2.45, 2.75) is 25.7 Å². The van der Waals surface area contributed by atoms with Crippen LogP contribution in [0.1, 0.15) is 36.0 Å². The van der Waals surface area contributed by atoms with Crippen LogP contribution in [0.2, 0.25) is 5.02 Å². The monoisotopic (exact) mass is 253 g/mol. The Morgan fingerprint density at radius 3 is 2.82 bits per heavy atom. The Balaban J connectivity index is 1.97. The van der Waals surface area contributed by atoms with Gasteiger partial charge in [0.2, 0.25) is 0 Å². The van der Waals surface area contributed by atoms with Crippen molar-refractivity contribution in [1.29, 1.82) is 0 Å². The van der Waals surface area contributed by atoms with E-state index < -0.39 is 5.97 Å². The van der Waals surface area contributed by atoms with Gasteiger partial charge in [-0.1, -0.05) is 30.9 Å². The molecule has 2 rings (SSSR count). The van der Waals surface area contributed by atoms with Crippen LogP contribution in [0.15, 0.2) is 18.2 Å². The van der Waals surface area contributed by atoms with E-state index in [0.717, 1.165) is 18.9 Å². The second kappa shape index (κ2) is 5.41. The normalized spacial score (nSPS) is 15.4. The van der Waals surface area contributed by atoms with Crippen molar-refractivity contribution in [2.24, 2.45) is 5.92 Å². The van der Waals surface area contributed by atoms with Crippen LogP contribution in [0.5, 0.6) is 0 Å². The molecule has 1 fully saturated rings. The third-order valence-corrected chi connectivity index (χ3v) is 3.54. The Morgan fingerprint density at radius 2 is 2.24 bits per heavy atom. The van der Waals surface area contributed by atoms with Crippen LogP contribution < -0.4 is 5.32 Å². The van der Waals surface area contributed by atoms with E-state index in [1.807, 2.05) is 0 Å². The fourth-order valence-corrected chi connectivity index (χ4v) is 2.21. The van der Waals surface area contributed by atoms with Crippen molar-refractivity contribution in [2.75, 3.05) is 11.9 Å². The zero-order valence-corrected chi connectivity index (χ0v) is 10.3. The van der Waals surface area contributed by atoms with Crippen LogP contribution in [-0.4, -0.2) is 17.6 Å². The van der Waals surface area contributed by atoms with E-state index in [-0.39, 0.29) is 5.56 Å². The topological polar surface area (TPSA) is 49.3 Å². The van der Waals surface area contributed by atoms with E-state index in [2.05, 4.69) is 5.32 Å². The lowest BCUT2D eigenvalue weighted by Crippen LogP contribution is -2.16. The summed E-state index contributed by atoms with van der Waals surface area (Å²) in [6.45, 7) is 0.811. The molecule has 3 nitrogen and oxygen atoms in total. The van der Waals surface area contributed by atoms with Crippen LogP contribution in [0.25, 0.3) is 0 Å². The van der Waals surface area contributed by atoms with Gasteiger partial charge < -0.3 is 10.4 Å². The number of hydrogen-bond acceptors (Lipinski definition) is 2.